The van der Waals surface area contributed by atoms with Gasteiger partial charge in [-0.2, -0.15) is 0 Å². The van der Waals surface area contributed by atoms with Crippen molar-refractivity contribution in [1.82, 2.24) is 4.98 Å². The third-order valence-electron chi connectivity index (χ3n) is 3.52. The largest absolute Gasteiger partial charge is 0.302 e. The summed E-state index contributed by atoms with van der Waals surface area (Å²) in [6.45, 7) is 2.10. The van der Waals surface area contributed by atoms with Crippen molar-refractivity contribution in [3.8, 4) is 0 Å². The lowest BCUT2D eigenvalue weighted by Crippen LogP contribution is -2.13. The van der Waals surface area contributed by atoms with Gasteiger partial charge >= 0.3 is 0 Å². The lowest BCUT2D eigenvalue weighted by Gasteiger charge is -1.99. The van der Waals surface area contributed by atoms with E-state index in [0.717, 1.165) is 22.2 Å². The molecule has 1 fully saturated rings. The number of hydrogen-bond acceptors (Lipinski definition) is 3. The number of amides is 1. The van der Waals surface area contributed by atoms with E-state index < -0.39 is 0 Å². The Labute approximate surface area is 130 Å². The standard InChI is InChI=1S/C15H15BrN2OS/c1-9-6-13(9)14(19)18-15-17-8-12(20-15)7-10-2-4-11(16)5-3-10/h2-5,8-9,13H,6-7H2,1H3,(H,17,18,19)/t9-,13-/m1/s1. The Morgan fingerprint density at radius 1 is 1.45 bits per heavy atom. The lowest BCUT2D eigenvalue weighted by molar-refractivity contribution is -0.117. The van der Waals surface area contributed by atoms with Crippen LogP contribution >= 0.6 is 27.3 Å². The van der Waals surface area contributed by atoms with E-state index in [2.05, 4.69) is 45.3 Å². The number of aromatic nitrogens is 1. The van der Waals surface area contributed by atoms with Gasteiger partial charge in [-0.1, -0.05) is 35.0 Å². The summed E-state index contributed by atoms with van der Waals surface area (Å²) in [5.41, 5.74) is 1.24. The molecule has 0 unspecified atom stereocenters. The summed E-state index contributed by atoms with van der Waals surface area (Å²) in [4.78, 5) is 17.3. The second kappa shape index (κ2) is 5.66. The maximum atomic E-state index is 11.8. The van der Waals surface area contributed by atoms with Crippen LogP contribution in [0, 0.1) is 11.8 Å². The molecule has 1 aliphatic carbocycles. The van der Waals surface area contributed by atoms with E-state index >= 15 is 0 Å². The zero-order valence-corrected chi connectivity index (χ0v) is 13.5. The Morgan fingerprint density at radius 2 is 2.15 bits per heavy atom. The fourth-order valence-electron chi connectivity index (χ4n) is 2.14. The number of benzene rings is 1. The Kier molecular flexibility index (Phi) is 3.89. The Bertz CT molecular complexity index is 623. The molecule has 0 spiro atoms. The first kappa shape index (κ1) is 13.8. The molecule has 1 N–H and O–H groups in total. The SMILES string of the molecule is C[C@@H]1C[C@H]1C(=O)Nc1ncc(Cc2ccc(Br)cc2)s1. The highest BCUT2D eigenvalue weighted by Crippen LogP contribution is 2.38. The predicted molar refractivity (Wildman–Crippen MR) is 85.0 cm³/mol. The van der Waals surface area contributed by atoms with Crippen LogP contribution in [0.5, 0.6) is 0 Å². The average molecular weight is 351 g/mol. The summed E-state index contributed by atoms with van der Waals surface area (Å²) >= 11 is 4.98. The maximum absolute atomic E-state index is 11.8. The van der Waals surface area contributed by atoms with Gasteiger partial charge in [0.15, 0.2) is 5.13 Å². The number of carbonyl (C=O) groups excluding carboxylic acids is 1. The van der Waals surface area contributed by atoms with Gasteiger partial charge in [0.1, 0.15) is 0 Å². The molecule has 1 aliphatic rings. The molecule has 20 heavy (non-hydrogen) atoms. The first-order valence-corrected chi connectivity index (χ1v) is 8.23. The summed E-state index contributed by atoms with van der Waals surface area (Å²) in [5.74, 6) is 0.827. The van der Waals surface area contributed by atoms with Crippen molar-refractivity contribution in [1.29, 1.82) is 0 Å². The van der Waals surface area contributed by atoms with E-state index in [9.17, 15) is 4.79 Å². The third kappa shape index (κ3) is 3.27. The molecule has 0 radical (unpaired) electrons. The molecular weight excluding hydrogens is 336 g/mol. The number of anilines is 1. The fourth-order valence-corrected chi connectivity index (χ4v) is 3.25. The lowest BCUT2D eigenvalue weighted by atomic mass is 10.1. The number of nitrogens with zero attached hydrogens (tertiary/aromatic N) is 1. The summed E-state index contributed by atoms with van der Waals surface area (Å²) in [6.07, 6.45) is 3.70. The monoisotopic (exact) mass is 350 g/mol. The van der Waals surface area contributed by atoms with Gasteiger partial charge in [0.25, 0.3) is 0 Å². The summed E-state index contributed by atoms with van der Waals surface area (Å²) in [6, 6.07) is 8.25. The first-order chi connectivity index (χ1) is 9.61. The van der Waals surface area contributed by atoms with Gasteiger partial charge in [0.05, 0.1) is 0 Å². The molecule has 5 heteroatoms. The number of carbonyl (C=O) groups is 1. The van der Waals surface area contributed by atoms with Crippen LogP contribution in [0.4, 0.5) is 5.13 Å². The zero-order chi connectivity index (χ0) is 14.1. The minimum atomic E-state index is 0.113. The van der Waals surface area contributed by atoms with Crippen molar-refractivity contribution >= 4 is 38.3 Å². The molecule has 0 saturated heterocycles. The van der Waals surface area contributed by atoms with Gasteiger partial charge < -0.3 is 5.32 Å². The topological polar surface area (TPSA) is 42.0 Å². The molecule has 3 nitrogen and oxygen atoms in total. The Morgan fingerprint density at radius 3 is 2.80 bits per heavy atom. The molecule has 1 aromatic heterocycles. The van der Waals surface area contributed by atoms with Crippen molar-refractivity contribution in [3.63, 3.8) is 0 Å². The summed E-state index contributed by atoms with van der Waals surface area (Å²) < 4.78 is 1.08. The van der Waals surface area contributed by atoms with E-state index in [4.69, 9.17) is 0 Å². The van der Waals surface area contributed by atoms with Crippen LogP contribution in [0.2, 0.25) is 0 Å². The summed E-state index contributed by atoms with van der Waals surface area (Å²) in [5, 5.41) is 3.62. The Hall–Kier alpha value is -1.20. The quantitative estimate of drug-likeness (QED) is 0.902. The van der Waals surface area contributed by atoms with E-state index in [1.807, 2.05) is 18.3 Å². The number of thiazole rings is 1. The van der Waals surface area contributed by atoms with Crippen molar-refractivity contribution in [2.24, 2.45) is 11.8 Å². The predicted octanol–water partition coefficient (Wildman–Crippen LogP) is 4.09. The third-order valence-corrected chi connectivity index (χ3v) is 4.96. The molecule has 2 aromatic rings. The molecule has 1 aromatic carbocycles. The van der Waals surface area contributed by atoms with Crippen molar-refractivity contribution in [3.05, 3.63) is 45.4 Å². The maximum Gasteiger partial charge on any atom is 0.229 e. The van der Waals surface area contributed by atoms with E-state index in [0.29, 0.717) is 11.0 Å². The van der Waals surface area contributed by atoms with E-state index in [-0.39, 0.29) is 11.8 Å². The average Bonchev–Trinajstić information content (AvgIpc) is 3.00. The molecule has 1 heterocycles. The molecular formula is C15H15BrN2OS. The molecule has 2 atom stereocenters. The fraction of sp³-hybridized carbons (Fsp3) is 0.333. The second-order valence-corrected chi connectivity index (χ2v) is 7.27. The van der Waals surface area contributed by atoms with Gasteiger partial charge in [-0.3, -0.25) is 4.79 Å². The van der Waals surface area contributed by atoms with Crippen LogP contribution in [0.3, 0.4) is 0 Å². The minimum absolute atomic E-state index is 0.113. The van der Waals surface area contributed by atoms with Crippen LogP contribution in [-0.2, 0) is 11.2 Å². The van der Waals surface area contributed by atoms with Crippen molar-refractivity contribution < 1.29 is 4.79 Å². The van der Waals surface area contributed by atoms with Crippen LogP contribution in [-0.4, -0.2) is 10.9 Å². The molecule has 0 aliphatic heterocycles. The van der Waals surface area contributed by atoms with Crippen LogP contribution < -0.4 is 5.32 Å². The number of rotatable bonds is 4. The van der Waals surface area contributed by atoms with Gasteiger partial charge in [-0.15, -0.1) is 11.3 Å². The van der Waals surface area contributed by atoms with Gasteiger partial charge in [0, 0.05) is 27.9 Å². The van der Waals surface area contributed by atoms with Gasteiger partial charge in [-0.25, -0.2) is 4.98 Å². The van der Waals surface area contributed by atoms with Crippen molar-refractivity contribution in [2.75, 3.05) is 5.32 Å². The normalized spacial score (nSPS) is 20.7. The highest BCUT2D eigenvalue weighted by molar-refractivity contribution is 9.10. The molecule has 1 saturated carbocycles. The minimum Gasteiger partial charge on any atom is -0.302 e. The number of halogens is 1. The number of nitrogens with one attached hydrogen (secondary N) is 1. The van der Waals surface area contributed by atoms with Crippen molar-refractivity contribution in [2.45, 2.75) is 19.8 Å². The molecule has 104 valence electrons. The van der Waals surface area contributed by atoms with Crippen LogP contribution in [0.15, 0.2) is 34.9 Å². The number of hydrogen-bond donors (Lipinski definition) is 1. The van der Waals surface area contributed by atoms with Gasteiger partial charge in [0.2, 0.25) is 5.91 Å². The molecule has 0 bridgehead atoms. The van der Waals surface area contributed by atoms with E-state index in [1.165, 1.54) is 5.56 Å². The highest BCUT2D eigenvalue weighted by atomic mass is 79.9. The second-order valence-electron chi connectivity index (χ2n) is 5.24. The smallest absolute Gasteiger partial charge is 0.229 e. The summed E-state index contributed by atoms with van der Waals surface area (Å²) in [7, 11) is 0. The molecule has 1 amide bonds. The first-order valence-electron chi connectivity index (χ1n) is 6.62. The highest BCUT2D eigenvalue weighted by Gasteiger charge is 2.39. The van der Waals surface area contributed by atoms with Gasteiger partial charge in [-0.05, 0) is 30.0 Å². The van der Waals surface area contributed by atoms with Crippen LogP contribution in [0.1, 0.15) is 23.8 Å². The van der Waals surface area contributed by atoms with E-state index in [1.54, 1.807) is 11.3 Å². The molecule has 3 rings (SSSR count). The zero-order valence-electron chi connectivity index (χ0n) is 11.1. The Balaban J connectivity index is 1.61. The van der Waals surface area contributed by atoms with Crippen LogP contribution in [0.25, 0.3) is 0 Å².